The van der Waals surface area contributed by atoms with E-state index in [1.807, 2.05) is 30.3 Å². The molecule has 4 atom stereocenters. The van der Waals surface area contributed by atoms with Gasteiger partial charge in [0.15, 0.2) is 0 Å². The zero-order valence-electron chi connectivity index (χ0n) is 22.3. The zero-order chi connectivity index (χ0) is 28.7. The molecule has 1 N–H and O–H groups in total. The number of sulfonamides is 1. The summed E-state index contributed by atoms with van der Waals surface area (Å²) in [4.78, 5) is 28.3. The molecular formula is C29H34Cl2N2O6S. The van der Waals surface area contributed by atoms with Crippen LogP contribution in [0.4, 0.5) is 0 Å². The number of hydrogen-bond acceptors (Lipinski definition) is 5. The van der Waals surface area contributed by atoms with Crippen LogP contribution < -0.4 is 0 Å². The van der Waals surface area contributed by atoms with Crippen LogP contribution in [0.15, 0.2) is 48.5 Å². The third kappa shape index (κ3) is 6.19. The van der Waals surface area contributed by atoms with E-state index in [2.05, 4.69) is 0 Å². The van der Waals surface area contributed by atoms with Crippen LogP contribution in [0.2, 0.25) is 10.0 Å². The molecule has 1 aliphatic carbocycles. The van der Waals surface area contributed by atoms with Crippen molar-refractivity contribution in [2.75, 3.05) is 32.1 Å². The maximum Gasteiger partial charge on any atom is 0.304 e. The minimum absolute atomic E-state index is 0.00163. The average molecular weight is 610 g/mol. The first kappa shape index (κ1) is 29.3. The first-order valence-electron chi connectivity index (χ1n) is 13.6. The highest BCUT2D eigenvalue weighted by molar-refractivity contribution is 7.89. The van der Waals surface area contributed by atoms with Crippen molar-refractivity contribution >= 4 is 45.1 Å². The molecule has 11 heteroatoms. The van der Waals surface area contributed by atoms with E-state index in [0.29, 0.717) is 23.3 Å². The first-order valence-corrected chi connectivity index (χ1v) is 16.0. The van der Waals surface area contributed by atoms with E-state index in [1.165, 1.54) is 4.31 Å². The Morgan fingerprint density at radius 2 is 1.75 bits per heavy atom. The molecule has 5 rings (SSSR count). The van der Waals surface area contributed by atoms with Crippen molar-refractivity contribution < 1.29 is 27.9 Å². The van der Waals surface area contributed by atoms with Gasteiger partial charge in [0.1, 0.15) is 0 Å². The van der Waals surface area contributed by atoms with E-state index < -0.39 is 33.5 Å². The number of hydrogen-bond donors (Lipinski definition) is 1. The Balaban J connectivity index is 1.65. The fourth-order valence-corrected chi connectivity index (χ4v) is 8.42. The third-order valence-electron chi connectivity index (χ3n) is 8.40. The van der Waals surface area contributed by atoms with Crippen molar-refractivity contribution in [3.05, 3.63) is 69.7 Å². The highest BCUT2D eigenvalue weighted by Crippen LogP contribution is 2.54. The van der Waals surface area contributed by atoms with Crippen molar-refractivity contribution in [1.29, 1.82) is 0 Å². The van der Waals surface area contributed by atoms with Crippen LogP contribution in [0.5, 0.6) is 0 Å². The van der Waals surface area contributed by atoms with Gasteiger partial charge < -0.3 is 14.7 Å². The van der Waals surface area contributed by atoms with Gasteiger partial charge >= 0.3 is 5.97 Å². The van der Waals surface area contributed by atoms with Crippen LogP contribution in [0.25, 0.3) is 0 Å². The molecule has 2 aliphatic heterocycles. The van der Waals surface area contributed by atoms with Gasteiger partial charge in [0.05, 0.1) is 42.9 Å². The monoisotopic (exact) mass is 608 g/mol. The number of nitrogens with zero attached hydrogens (tertiary/aromatic N) is 2. The lowest BCUT2D eigenvalue weighted by Crippen LogP contribution is -2.59. The quantitative estimate of drug-likeness (QED) is 0.431. The Hall–Kier alpha value is -2.17. The Morgan fingerprint density at radius 3 is 2.35 bits per heavy atom. The minimum atomic E-state index is -3.72. The number of rotatable bonds is 9. The predicted octanol–water partition coefficient (Wildman–Crippen LogP) is 4.97. The summed E-state index contributed by atoms with van der Waals surface area (Å²) >= 11 is 12.6. The molecule has 3 fully saturated rings. The number of aliphatic carboxylic acids is 1. The molecule has 1 saturated carbocycles. The number of piperidine rings is 1. The second kappa shape index (κ2) is 11.6. The second-order valence-corrected chi connectivity index (χ2v) is 14.3. The average Bonchev–Trinajstić information content (AvgIpc) is 3.75. The number of ether oxygens (including phenoxy) is 1. The molecule has 0 radical (unpaired) electrons. The van der Waals surface area contributed by atoms with Crippen molar-refractivity contribution in [1.82, 2.24) is 9.21 Å². The van der Waals surface area contributed by atoms with Gasteiger partial charge in [-0.3, -0.25) is 9.59 Å². The van der Waals surface area contributed by atoms with Gasteiger partial charge in [-0.2, -0.15) is 4.31 Å². The van der Waals surface area contributed by atoms with Crippen LogP contribution in [0.1, 0.15) is 55.7 Å². The van der Waals surface area contributed by atoms with E-state index in [1.54, 1.807) is 30.0 Å². The molecule has 2 aromatic carbocycles. The summed E-state index contributed by atoms with van der Waals surface area (Å²) in [5, 5.41) is 10.9. The van der Waals surface area contributed by atoms with Crippen LogP contribution in [-0.4, -0.2) is 72.7 Å². The summed E-state index contributed by atoms with van der Waals surface area (Å²) in [6.07, 6.45) is 1.52. The molecule has 1 amide bonds. The standard InChI is InChI=1S/C29H34Cl2N2O6S/c1-29(17-26(34)35)16-24(21-3-2-4-23(31)15-21)27(20-7-9-22(30)10-8-20)33(28(29)36)25(19-5-6-19)18-40(37,38)32-11-13-39-14-12-32/h2-4,7-10,15,19,24-25,27H,5-6,11-14,16-18H2,1H3,(H,34,35)/t24-,25-,27-,29+/m1/s1. The van der Waals surface area contributed by atoms with Crippen molar-refractivity contribution in [3.63, 3.8) is 0 Å². The topological polar surface area (TPSA) is 104 Å². The fraction of sp³-hybridized carbons (Fsp3) is 0.517. The number of carbonyl (C=O) groups excluding carboxylic acids is 1. The smallest absolute Gasteiger partial charge is 0.304 e. The number of likely N-dealkylation sites (tertiary alicyclic amines) is 1. The molecule has 216 valence electrons. The largest absolute Gasteiger partial charge is 0.481 e. The van der Waals surface area contributed by atoms with Gasteiger partial charge in [-0.25, -0.2) is 8.42 Å². The summed E-state index contributed by atoms with van der Waals surface area (Å²) in [5.41, 5.74) is 0.444. The molecule has 2 aromatic rings. The fourth-order valence-electron chi connectivity index (χ4n) is 6.32. The Morgan fingerprint density at radius 1 is 1.07 bits per heavy atom. The Labute approximate surface area is 245 Å². The molecule has 0 aromatic heterocycles. The van der Waals surface area contributed by atoms with Crippen molar-refractivity contribution in [2.24, 2.45) is 11.3 Å². The molecule has 3 aliphatic rings. The van der Waals surface area contributed by atoms with E-state index in [0.717, 1.165) is 24.0 Å². The van der Waals surface area contributed by atoms with E-state index >= 15 is 0 Å². The van der Waals surface area contributed by atoms with Gasteiger partial charge in [-0.15, -0.1) is 0 Å². The molecule has 2 heterocycles. The van der Waals surface area contributed by atoms with Gasteiger partial charge in [-0.05, 0) is 60.6 Å². The van der Waals surface area contributed by atoms with Gasteiger partial charge in [0, 0.05) is 29.1 Å². The van der Waals surface area contributed by atoms with Crippen LogP contribution in [0.3, 0.4) is 0 Å². The predicted molar refractivity (Wildman–Crippen MR) is 153 cm³/mol. The number of halogens is 2. The summed E-state index contributed by atoms with van der Waals surface area (Å²) in [6.45, 7) is 2.90. The first-order chi connectivity index (χ1) is 19.0. The number of morpholine rings is 1. The van der Waals surface area contributed by atoms with Crippen molar-refractivity contribution in [3.8, 4) is 0 Å². The lowest BCUT2D eigenvalue weighted by atomic mass is 9.67. The SMILES string of the molecule is C[C@@]1(CC(=O)O)C[C@H](c2cccc(Cl)c2)[C@@H](c2ccc(Cl)cc2)N([C@H](CS(=O)(=O)N2CCOCC2)C2CC2)C1=O. The van der Waals surface area contributed by atoms with Gasteiger partial charge in [0.2, 0.25) is 15.9 Å². The lowest BCUT2D eigenvalue weighted by Gasteiger charge is -2.52. The third-order valence-corrected chi connectivity index (χ3v) is 10.8. The molecule has 40 heavy (non-hydrogen) atoms. The molecular weight excluding hydrogens is 575 g/mol. The Kier molecular flexibility index (Phi) is 8.51. The van der Waals surface area contributed by atoms with E-state index in [4.69, 9.17) is 27.9 Å². The lowest BCUT2D eigenvalue weighted by molar-refractivity contribution is -0.160. The molecule has 0 unspecified atom stereocenters. The minimum Gasteiger partial charge on any atom is -0.481 e. The van der Waals surface area contributed by atoms with Gasteiger partial charge in [0.25, 0.3) is 0 Å². The highest BCUT2D eigenvalue weighted by Gasteiger charge is 2.55. The van der Waals surface area contributed by atoms with E-state index in [9.17, 15) is 23.1 Å². The zero-order valence-corrected chi connectivity index (χ0v) is 24.7. The number of carboxylic acid groups (broad SMARTS) is 1. The maximum atomic E-state index is 14.5. The van der Waals surface area contributed by atoms with Gasteiger partial charge in [-0.1, -0.05) is 54.4 Å². The molecule has 0 spiro atoms. The van der Waals surface area contributed by atoms with E-state index in [-0.39, 0.29) is 49.4 Å². The second-order valence-electron chi connectivity index (χ2n) is 11.4. The number of carboxylic acids is 1. The van der Waals surface area contributed by atoms with Crippen LogP contribution in [-0.2, 0) is 24.3 Å². The van der Waals surface area contributed by atoms with Crippen molar-refractivity contribution in [2.45, 2.75) is 50.6 Å². The summed E-state index contributed by atoms with van der Waals surface area (Å²) in [7, 11) is -3.72. The maximum absolute atomic E-state index is 14.5. The molecule has 0 bridgehead atoms. The highest BCUT2D eigenvalue weighted by atomic mass is 35.5. The van der Waals surface area contributed by atoms with Crippen LogP contribution in [0, 0.1) is 11.3 Å². The number of amides is 1. The summed E-state index contributed by atoms with van der Waals surface area (Å²) in [6, 6.07) is 13.5. The summed E-state index contributed by atoms with van der Waals surface area (Å²) < 4.78 is 34.2. The van der Waals surface area contributed by atoms with Crippen LogP contribution >= 0.6 is 23.2 Å². The molecule has 8 nitrogen and oxygen atoms in total. The number of benzene rings is 2. The molecule has 2 saturated heterocycles. The summed E-state index contributed by atoms with van der Waals surface area (Å²) in [5.74, 6) is -1.95. The normalized spacial score (nSPS) is 27.0. The number of carbonyl (C=O) groups is 2. The Bertz CT molecular complexity index is 1360.